The van der Waals surface area contributed by atoms with Crippen LogP contribution >= 0.6 is 0 Å². The van der Waals surface area contributed by atoms with Gasteiger partial charge in [-0.25, -0.2) is 0 Å². The van der Waals surface area contributed by atoms with Gasteiger partial charge in [0.1, 0.15) is 5.60 Å². The third kappa shape index (κ3) is 5.48. The van der Waals surface area contributed by atoms with E-state index in [2.05, 4.69) is 5.32 Å². The number of phenolic OH excluding ortho intramolecular Hbond substituents is 1. The van der Waals surface area contributed by atoms with Crippen LogP contribution in [0, 0.1) is 0 Å². The normalized spacial score (nSPS) is 11.2. The van der Waals surface area contributed by atoms with Crippen molar-refractivity contribution >= 4 is 5.97 Å². The van der Waals surface area contributed by atoms with Gasteiger partial charge in [-0.05, 0) is 33.8 Å². The number of hydrogen-bond donors (Lipinski definition) is 2. The van der Waals surface area contributed by atoms with Crippen LogP contribution in [0.3, 0.4) is 0 Å². The number of phenols is 1. The standard InChI is InChI=1S/C15H23NO4/c1-5-19-12-8-6-7-11(14(12)18)9-16-10-13(17)20-15(2,3)4/h6-8,16,18H,5,9-10H2,1-4H3. The summed E-state index contributed by atoms with van der Waals surface area (Å²) in [7, 11) is 0. The van der Waals surface area contributed by atoms with Gasteiger partial charge in [0, 0.05) is 12.1 Å². The topological polar surface area (TPSA) is 67.8 Å². The Balaban J connectivity index is 2.50. The first-order valence-electron chi connectivity index (χ1n) is 6.69. The molecule has 0 aliphatic carbocycles. The molecule has 0 aromatic heterocycles. The molecule has 5 nitrogen and oxygen atoms in total. The second kappa shape index (κ2) is 7.14. The number of ether oxygens (including phenoxy) is 2. The molecule has 112 valence electrons. The highest BCUT2D eigenvalue weighted by Gasteiger charge is 2.16. The van der Waals surface area contributed by atoms with E-state index in [1.54, 1.807) is 18.2 Å². The van der Waals surface area contributed by atoms with E-state index >= 15 is 0 Å². The molecule has 0 unspecified atom stereocenters. The Morgan fingerprint density at radius 2 is 2.05 bits per heavy atom. The van der Waals surface area contributed by atoms with Crippen molar-refractivity contribution in [1.82, 2.24) is 5.32 Å². The molecule has 0 aliphatic heterocycles. The maximum Gasteiger partial charge on any atom is 0.320 e. The van der Waals surface area contributed by atoms with Crippen molar-refractivity contribution in [2.75, 3.05) is 13.2 Å². The average molecular weight is 281 g/mol. The van der Waals surface area contributed by atoms with Gasteiger partial charge in [-0.3, -0.25) is 4.79 Å². The summed E-state index contributed by atoms with van der Waals surface area (Å²) in [6, 6.07) is 5.28. The molecule has 1 aromatic carbocycles. The zero-order valence-electron chi connectivity index (χ0n) is 12.5. The number of aromatic hydroxyl groups is 1. The Morgan fingerprint density at radius 1 is 1.35 bits per heavy atom. The van der Waals surface area contributed by atoms with E-state index in [4.69, 9.17) is 9.47 Å². The Labute approximate surface area is 119 Å². The number of benzene rings is 1. The fourth-order valence-electron chi connectivity index (χ4n) is 1.66. The smallest absolute Gasteiger partial charge is 0.320 e. The summed E-state index contributed by atoms with van der Waals surface area (Å²) >= 11 is 0. The number of carbonyl (C=O) groups is 1. The number of hydrogen-bond acceptors (Lipinski definition) is 5. The molecular formula is C15H23NO4. The summed E-state index contributed by atoms with van der Waals surface area (Å²) in [6.45, 7) is 8.27. The van der Waals surface area contributed by atoms with E-state index < -0.39 is 5.60 Å². The molecular weight excluding hydrogens is 258 g/mol. The van der Waals surface area contributed by atoms with Crippen molar-refractivity contribution in [2.24, 2.45) is 0 Å². The minimum atomic E-state index is -0.490. The second-order valence-corrected chi connectivity index (χ2v) is 5.39. The van der Waals surface area contributed by atoms with Gasteiger partial charge in [0.05, 0.1) is 13.2 Å². The Hall–Kier alpha value is -1.75. The van der Waals surface area contributed by atoms with E-state index in [1.165, 1.54) is 0 Å². The molecule has 0 saturated carbocycles. The molecule has 20 heavy (non-hydrogen) atoms. The van der Waals surface area contributed by atoms with E-state index in [0.717, 1.165) is 0 Å². The maximum absolute atomic E-state index is 11.5. The first-order valence-corrected chi connectivity index (χ1v) is 6.69. The molecule has 1 aromatic rings. The van der Waals surface area contributed by atoms with Gasteiger partial charge < -0.3 is 19.9 Å². The summed E-state index contributed by atoms with van der Waals surface area (Å²) < 4.78 is 10.5. The van der Waals surface area contributed by atoms with Crippen molar-refractivity contribution in [3.8, 4) is 11.5 Å². The first-order chi connectivity index (χ1) is 9.33. The van der Waals surface area contributed by atoms with Gasteiger partial charge in [0.15, 0.2) is 11.5 Å². The lowest BCUT2D eigenvalue weighted by molar-refractivity contribution is -0.153. The van der Waals surface area contributed by atoms with Crippen LogP contribution in [0.4, 0.5) is 0 Å². The van der Waals surface area contributed by atoms with E-state index in [0.29, 0.717) is 24.5 Å². The number of para-hydroxylation sites is 1. The minimum Gasteiger partial charge on any atom is -0.504 e. The van der Waals surface area contributed by atoms with Crippen LogP contribution in [0.15, 0.2) is 18.2 Å². The fourth-order valence-corrected chi connectivity index (χ4v) is 1.66. The lowest BCUT2D eigenvalue weighted by Crippen LogP contribution is -2.31. The SMILES string of the molecule is CCOc1cccc(CNCC(=O)OC(C)(C)C)c1O. The molecule has 2 N–H and O–H groups in total. The van der Waals surface area contributed by atoms with Crippen LogP contribution in [-0.4, -0.2) is 29.8 Å². The summed E-state index contributed by atoms with van der Waals surface area (Å²) in [5, 5.41) is 12.9. The molecule has 0 heterocycles. The molecule has 0 saturated heterocycles. The number of rotatable bonds is 6. The van der Waals surface area contributed by atoms with E-state index in [9.17, 15) is 9.90 Å². The van der Waals surface area contributed by atoms with Crippen molar-refractivity contribution in [3.05, 3.63) is 23.8 Å². The monoisotopic (exact) mass is 281 g/mol. The van der Waals surface area contributed by atoms with Crippen LogP contribution in [0.5, 0.6) is 11.5 Å². The number of esters is 1. The molecule has 0 radical (unpaired) electrons. The number of carbonyl (C=O) groups excluding carboxylic acids is 1. The Bertz CT molecular complexity index is 452. The van der Waals surface area contributed by atoms with Crippen LogP contribution in [0.25, 0.3) is 0 Å². The van der Waals surface area contributed by atoms with Crippen molar-refractivity contribution in [2.45, 2.75) is 39.8 Å². The van der Waals surface area contributed by atoms with E-state index in [-0.39, 0.29) is 18.3 Å². The van der Waals surface area contributed by atoms with Gasteiger partial charge in [0.25, 0.3) is 0 Å². The third-order valence-corrected chi connectivity index (χ3v) is 2.39. The largest absolute Gasteiger partial charge is 0.504 e. The Morgan fingerprint density at radius 3 is 2.65 bits per heavy atom. The summed E-state index contributed by atoms with van der Waals surface area (Å²) in [5.41, 5.74) is 0.190. The minimum absolute atomic E-state index is 0.0928. The molecule has 0 atom stereocenters. The first kappa shape index (κ1) is 16.3. The highest BCUT2D eigenvalue weighted by Crippen LogP contribution is 2.29. The molecule has 0 amide bonds. The van der Waals surface area contributed by atoms with E-state index in [1.807, 2.05) is 27.7 Å². The molecule has 0 fully saturated rings. The van der Waals surface area contributed by atoms with Gasteiger partial charge in [0.2, 0.25) is 0 Å². The van der Waals surface area contributed by atoms with Crippen molar-refractivity contribution in [3.63, 3.8) is 0 Å². The van der Waals surface area contributed by atoms with Gasteiger partial charge in [-0.15, -0.1) is 0 Å². The highest BCUT2D eigenvalue weighted by molar-refractivity contribution is 5.72. The van der Waals surface area contributed by atoms with Gasteiger partial charge in [-0.2, -0.15) is 0 Å². The van der Waals surface area contributed by atoms with Crippen LogP contribution in [-0.2, 0) is 16.1 Å². The zero-order chi connectivity index (χ0) is 15.2. The zero-order valence-corrected chi connectivity index (χ0v) is 12.5. The molecule has 5 heteroatoms. The quantitative estimate of drug-likeness (QED) is 0.783. The summed E-state index contributed by atoms with van der Waals surface area (Å²) in [6.07, 6.45) is 0. The molecule has 0 bridgehead atoms. The summed E-state index contributed by atoms with van der Waals surface area (Å²) in [4.78, 5) is 11.5. The molecule has 1 rings (SSSR count). The van der Waals surface area contributed by atoms with Crippen LogP contribution < -0.4 is 10.1 Å². The lowest BCUT2D eigenvalue weighted by atomic mass is 10.2. The van der Waals surface area contributed by atoms with Crippen LogP contribution in [0.1, 0.15) is 33.3 Å². The molecule has 0 aliphatic rings. The average Bonchev–Trinajstić information content (AvgIpc) is 2.32. The van der Waals surface area contributed by atoms with Crippen molar-refractivity contribution < 1.29 is 19.4 Å². The predicted molar refractivity (Wildman–Crippen MR) is 76.8 cm³/mol. The van der Waals surface area contributed by atoms with Gasteiger partial charge in [-0.1, -0.05) is 12.1 Å². The van der Waals surface area contributed by atoms with Crippen LogP contribution in [0.2, 0.25) is 0 Å². The van der Waals surface area contributed by atoms with Gasteiger partial charge >= 0.3 is 5.97 Å². The predicted octanol–water partition coefficient (Wildman–Crippen LogP) is 2.22. The van der Waals surface area contributed by atoms with Crippen molar-refractivity contribution in [1.29, 1.82) is 0 Å². The molecule has 0 spiro atoms. The maximum atomic E-state index is 11.5. The third-order valence-electron chi connectivity index (χ3n) is 2.39. The Kier molecular flexibility index (Phi) is 5.82. The number of nitrogens with one attached hydrogen (secondary N) is 1. The fraction of sp³-hybridized carbons (Fsp3) is 0.533. The summed E-state index contributed by atoms with van der Waals surface area (Å²) in [5.74, 6) is 0.230. The second-order valence-electron chi connectivity index (χ2n) is 5.39. The lowest BCUT2D eigenvalue weighted by Gasteiger charge is -2.19. The highest BCUT2D eigenvalue weighted by atomic mass is 16.6.